The summed E-state index contributed by atoms with van der Waals surface area (Å²) in [6, 6.07) is 5.92. The van der Waals surface area contributed by atoms with E-state index in [2.05, 4.69) is 5.32 Å². The monoisotopic (exact) mass is 270 g/mol. The van der Waals surface area contributed by atoms with Crippen LogP contribution in [0.5, 0.6) is 5.75 Å². The summed E-state index contributed by atoms with van der Waals surface area (Å²) in [5.74, 6) is 0.355. The van der Waals surface area contributed by atoms with Crippen molar-refractivity contribution < 1.29 is 14.1 Å². The van der Waals surface area contributed by atoms with E-state index in [1.165, 1.54) is 0 Å². The van der Waals surface area contributed by atoms with Crippen LogP contribution < -0.4 is 11.1 Å². The van der Waals surface area contributed by atoms with Gasteiger partial charge in [-0.1, -0.05) is 12.1 Å². The van der Waals surface area contributed by atoms with Crippen molar-refractivity contribution >= 4 is 16.7 Å². The molecule has 1 rings (SSSR count). The third-order valence-corrected chi connectivity index (χ3v) is 3.20. The van der Waals surface area contributed by atoms with Gasteiger partial charge in [-0.3, -0.25) is 9.00 Å². The largest absolute Gasteiger partial charge is 0.508 e. The minimum absolute atomic E-state index is 0.183. The zero-order valence-corrected chi connectivity index (χ0v) is 11.1. The van der Waals surface area contributed by atoms with Gasteiger partial charge in [0, 0.05) is 29.4 Å². The number of phenols is 1. The van der Waals surface area contributed by atoms with Crippen molar-refractivity contribution in [2.75, 3.05) is 18.6 Å². The van der Waals surface area contributed by atoms with Crippen molar-refractivity contribution in [3.8, 4) is 5.75 Å². The van der Waals surface area contributed by atoms with Gasteiger partial charge in [0.15, 0.2) is 0 Å². The van der Waals surface area contributed by atoms with E-state index in [1.807, 2.05) is 0 Å². The fourth-order valence-electron chi connectivity index (χ4n) is 1.43. The molecule has 1 unspecified atom stereocenters. The van der Waals surface area contributed by atoms with Crippen LogP contribution in [0.3, 0.4) is 0 Å². The molecule has 2 atom stereocenters. The molecule has 0 aliphatic rings. The predicted octanol–water partition coefficient (Wildman–Crippen LogP) is -0.243. The second-order valence-electron chi connectivity index (χ2n) is 4.05. The number of aromatic hydroxyl groups is 1. The number of phenolic OH excluding ortho intramolecular Hbond substituents is 1. The highest BCUT2D eigenvalue weighted by molar-refractivity contribution is 7.84. The van der Waals surface area contributed by atoms with Crippen molar-refractivity contribution in [2.45, 2.75) is 12.5 Å². The van der Waals surface area contributed by atoms with E-state index in [4.69, 9.17) is 10.8 Å². The fraction of sp³-hybridized carbons (Fsp3) is 0.417. The van der Waals surface area contributed by atoms with Gasteiger partial charge in [0.05, 0.1) is 6.04 Å². The average molecular weight is 270 g/mol. The summed E-state index contributed by atoms with van der Waals surface area (Å²) < 4.78 is 10.8. The number of carbonyl (C=O) groups excluding carboxylic acids is 1. The minimum Gasteiger partial charge on any atom is -0.508 e. The van der Waals surface area contributed by atoms with Gasteiger partial charge in [-0.15, -0.1) is 0 Å². The molecular formula is C12H18N2O3S. The normalized spacial score (nSPS) is 13.9. The first-order chi connectivity index (χ1) is 8.49. The van der Waals surface area contributed by atoms with Crippen molar-refractivity contribution in [1.82, 2.24) is 5.32 Å². The molecule has 0 fully saturated rings. The van der Waals surface area contributed by atoms with Crippen LogP contribution in [0.2, 0.25) is 0 Å². The molecular weight excluding hydrogens is 252 g/mol. The van der Waals surface area contributed by atoms with Gasteiger partial charge in [-0.25, -0.2) is 0 Å². The highest BCUT2D eigenvalue weighted by atomic mass is 32.2. The van der Waals surface area contributed by atoms with E-state index in [-0.39, 0.29) is 11.7 Å². The van der Waals surface area contributed by atoms with Gasteiger partial charge < -0.3 is 16.2 Å². The third-order valence-electron chi connectivity index (χ3n) is 2.42. The highest BCUT2D eigenvalue weighted by Crippen LogP contribution is 2.10. The summed E-state index contributed by atoms with van der Waals surface area (Å²) >= 11 is 0. The van der Waals surface area contributed by atoms with Crippen molar-refractivity contribution in [3.63, 3.8) is 0 Å². The molecule has 0 aliphatic heterocycles. The first kappa shape index (κ1) is 14.7. The van der Waals surface area contributed by atoms with Crippen LogP contribution >= 0.6 is 0 Å². The van der Waals surface area contributed by atoms with E-state index in [9.17, 15) is 9.00 Å². The molecule has 1 amide bonds. The Kier molecular flexibility index (Phi) is 5.80. The van der Waals surface area contributed by atoms with E-state index >= 15 is 0 Å². The molecule has 0 saturated heterocycles. The van der Waals surface area contributed by atoms with Gasteiger partial charge in [-0.2, -0.15) is 0 Å². The lowest BCUT2D eigenvalue weighted by molar-refractivity contribution is -0.122. The Morgan fingerprint density at radius 1 is 1.44 bits per heavy atom. The Morgan fingerprint density at radius 2 is 2.06 bits per heavy atom. The number of carbonyl (C=O) groups is 1. The van der Waals surface area contributed by atoms with E-state index in [0.717, 1.165) is 5.56 Å². The Balaban J connectivity index is 2.39. The number of rotatable bonds is 6. The Labute approximate surface area is 109 Å². The van der Waals surface area contributed by atoms with Gasteiger partial charge in [0.1, 0.15) is 5.75 Å². The molecule has 4 N–H and O–H groups in total. The predicted molar refractivity (Wildman–Crippen MR) is 71.7 cm³/mol. The van der Waals surface area contributed by atoms with Crippen LogP contribution in [0.1, 0.15) is 5.56 Å². The Morgan fingerprint density at radius 3 is 2.61 bits per heavy atom. The van der Waals surface area contributed by atoms with Gasteiger partial charge >= 0.3 is 0 Å². The molecule has 0 saturated carbocycles. The fourth-order valence-corrected chi connectivity index (χ4v) is 1.82. The minimum atomic E-state index is -0.919. The smallest absolute Gasteiger partial charge is 0.237 e. The van der Waals surface area contributed by atoms with Crippen LogP contribution in [-0.4, -0.2) is 39.8 Å². The summed E-state index contributed by atoms with van der Waals surface area (Å²) in [6.45, 7) is 0.366. The first-order valence-electron chi connectivity index (χ1n) is 5.60. The summed E-state index contributed by atoms with van der Waals surface area (Å²) in [5, 5.41) is 11.8. The van der Waals surface area contributed by atoms with E-state index < -0.39 is 16.8 Å². The molecule has 0 bridgehead atoms. The zero-order chi connectivity index (χ0) is 13.5. The average Bonchev–Trinajstić information content (AvgIpc) is 2.31. The van der Waals surface area contributed by atoms with Crippen LogP contribution in [0.25, 0.3) is 0 Å². The molecule has 18 heavy (non-hydrogen) atoms. The number of hydrogen-bond acceptors (Lipinski definition) is 4. The molecule has 6 heteroatoms. The number of benzene rings is 1. The van der Waals surface area contributed by atoms with E-state index in [1.54, 1.807) is 30.5 Å². The van der Waals surface area contributed by atoms with Crippen molar-refractivity contribution in [3.05, 3.63) is 29.8 Å². The van der Waals surface area contributed by atoms with E-state index in [0.29, 0.717) is 18.7 Å². The number of amides is 1. The Bertz CT molecular complexity index is 420. The molecule has 0 spiro atoms. The summed E-state index contributed by atoms with van der Waals surface area (Å²) in [4.78, 5) is 11.6. The summed E-state index contributed by atoms with van der Waals surface area (Å²) in [5.41, 5.74) is 6.64. The Hall–Kier alpha value is -1.40. The third kappa shape index (κ3) is 5.29. The highest BCUT2D eigenvalue weighted by Gasteiger charge is 2.13. The topological polar surface area (TPSA) is 92.4 Å². The molecule has 0 aliphatic carbocycles. The molecule has 0 aromatic heterocycles. The lowest BCUT2D eigenvalue weighted by Gasteiger charge is -2.12. The standard InChI is InChI=1S/C12H18N2O3S/c1-18(17)7-6-14-12(16)11(13)8-9-2-4-10(15)5-3-9/h2-5,11,15H,6-8,13H2,1H3,(H,14,16)/t11-,18?/m1/s1. The number of nitrogens with one attached hydrogen (secondary N) is 1. The molecule has 0 heterocycles. The lowest BCUT2D eigenvalue weighted by atomic mass is 10.1. The summed E-state index contributed by atoms with van der Waals surface area (Å²) in [6.07, 6.45) is 1.99. The second kappa shape index (κ2) is 7.13. The van der Waals surface area contributed by atoms with Crippen molar-refractivity contribution in [1.29, 1.82) is 0 Å². The molecule has 0 radical (unpaired) electrons. The SMILES string of the molecule is CS(=O)CCNC(=O)[C@H](N)Cc1ccc(O)cc1. The zero-order valence-electron chi connectivity index (χ0n) is 10.3. The number of nitrogens with two attached hydrogens (primary N) is 1. The van der Waals surface area contributed by atoms with Gasteiger partial charge in [0.25, 0.3) is 0 Å². The lowest BCUT2D eigenvalue weighted by Crippen LogP contribution is -2.43. The van der Waals surface area contributed by atoms with Crippen LogP contribution in [0.15, 0.2) is 24.3 Å². The van der Waals surface area contributed by atoms with Crippen LogP contribution in [0.4, 0.5) is 0 Å². The maximum Gasteiger partial charge on any atom is 0.237 e. The second-order valence-corrected chi connectivity index (χ2v) is 5.60. The van der Waals surface area contributed by atoms with Crippen LogP contribution in [-0.2, 0) is 22.0 Å². The molecule has 1 aromatic rings. The molecule has 1 aromatic carbocycles. The van der Waals surface area contributed by atoms with Crippen molar-refractivity contribution in [2.24, 2.45) is 5.73 Å². The maximum absolute atomic E-state index is 11.6. The number of hydrogen-bond donors (Lipinski definition) is 3. The van der Waals surface area contributed by atoms with Gasteiger partial charge in [-0.05, 0) is 24.1 Å². The quantitative estimate of drug-likeness (QED) is 0.665. The molecule has 5 nitrogen and oxygen atoms in total. The molecule has 100 valence electrons. The summed E-state index contributed by atoms with van der Waals surface area (Å²) in [7, 11) is -0.919. The first-order valence-corrected chi connectivity index (χ1v) is 7.33. The maximum atomic E-state index is 11.6. The van der Waals surface area contributed by atoms with Gasteiger partial charge in [0.2, 0.25) is 5.91 Å². The van der Waals surface area contributed by atoms with Crippen LogP contribution in [0, 0.1) is 0 Å².